The molecule has 0 radical (unpaired) electrons. The Morgan fingerprint density at radius 2 is 1.71 bits per heavy atom. The summed E-state index contributed by atoms with van der Waals surface area (Å²) in [6.07, 6.45) is 0. The molecule has 0 aliphatic heterocycles. The molecule has 0 heterocycles. The van der Waals surface area contributed by atoms with E-state index in [-0.39, 0.29) is 26.3 Å². The van der Waals surface area contributed by atoms with Crippen LogP contribution in [0.2, 0.25) is 10.0 Å². The molecule has 0 fully saturated rings. The second kappa shape index (κ2) is 6.05. The summed E-state index contributed by atoms with van der Waals surface area (Å²) in [6, 6.07) is 10.7. The molecule has 0 unspecified atom stereocenters. The summed E-state index contributed by atoms with van der Waals surface area (Å²) in [6.45, 7) is 0. The molecule has 2 rings (SSSR count). The fourth-order valence-electron chi connectivity index (χ4n) is 1.79. The molecular formula is C14H10Cl2O4S. The van der Waals surface area contributed by atoms with E-state index in [0.717, 1.165) is 12.1 Å². The minimum atomic E-state index is -3.80. The van der Waals surface area contributed by atoms with E-state index in [4.69, 9.17) is 28.3 Å². The Morgan fingerprint density at radius 3 is 2.29 bits per heavy atom. The van der Waals surface area contributed by atoms with Crippen LogP contribution in [0, 0.1) is 0 Å². The molecule has 0 amide bonds. The van der Waals surface area contributed by atoms with E-state index in [1.54, 1.807) is 30.3 Å². The van der Waals surface area contributed by atoms with Crippen LogP contribution in [0.3, 0.4) is 0 Å². The molecule has 0 saturated heterocycles. The molecule has 2 aromatic carbocycles. The lowest BCUT2D eigenvalue weighted by Gasteiger charge is -2.09. The third kappa shape index (κ3) is 3.56. The van der Waals surface area contributed by atoms with Crippen molar-refractivity contribution in [1.29, 1.82) is 0 Å². The van der Waals surface area contributed by atoms with Gasteiger partial charge in [0.05, 0.1) is 26.3 Å². The minimum absolute atomic E-state index is 0.108. The van der Waals surface area contributed by atoms with Crippen LogP contribution in [0.15, 0.2) is 47.4 Å². The monoisotopic (exact) mass is 344 g/mol. The van der Waals surface area contributed by atoms with E-state index >= 15 is 0 Å². The molecule has 4 nitrogen and oxygen atoms in total. The van der Waals surface area contributed by atoms with Gasteiger partial charge in [-0.05, 0) is 17.7 Å². The number of carboxylic acids is 1. The maximum Gasteiger partial charge on any atom is 0.335 e. The number of rotatable bonds is 4. The lowest BCUT2D eigenvalue weighted by molar-refractivity contribution is 0.0696. The normalized spacial score (nSPS) is 11.3. The minimum Gasteiger partial charge on any atom is -0.478 e. The average Bonchev–Trinajstić information content (AvgIpc) is 2.41. The van der Waals surface area contributed by atoms with E-state index < -0.39 is 15.8 Å². The zero-order valence-corrected chi connectivity index (χ0v) is 12.9. The van der Waals surface area contributed by atoms with Crippen molar-refractivity contribution in [2.24, 2.45) is 0 Å². The highest BCUT2D eigenvalue weighted by Crippen LogP contribution is 2.32. The maximum atomic E-state index is 12.4. The van der Waals surface area contributed by atoms with Crippen LogP contribution in [-0.4, -0.2) is 19.5 Å². The lowest BCUT2D eigenvalue weighted by atomic mass is 10.2. The Hall–Kier alpha value is -1.56. The molecule has 0 bridgehead atoms. The molecule has 0 spiro atoms. The fourth-order valence-corrected chi connectivity index (χ4v) is 4.00. The third-order valence-electron chi connectivity index (χ3n) is 2.78. The number of benzene rings is 2. The Morgan fingerprint density at radius 1 is 1.10 bits per heavy atom. The molecule has 0 aliphatic carbocycles. The average molecular weight is 345 g/mol. The van der Waals surface area contributed by atoms with E-state index in [0.29, 0.717) is 5.56 Å². The Kier molecular flexibility index (Phi) is 4.56. The SMILES string of the molecule is O=C(O)c1cc(Cl)c(Cl)c(S(=O)(=O)Cc2ccccc2)c1. The molecule has 0 aromatic heterocycles. The summed E-state index contributed by atoms with van der Waals surface area (Å²) in [5.41, 5.74) is 0.349. The van der Waals surface area contributed by atoms with Crippen molar-refractivity contribution in [2.75, 3.05) is 0 Å². The van der Waals surface area contributed by atoms with Gasteiger partial charge in [0.15, 0.2) is 9.84 Å². The van der Waals surface area contributed by atoms with E-state index in [1.165, 1.54) is 0 Å². The van der Waals surface area contributed by atoms with Gasteiger partial charge in [-0.25, -0.2) is 13.2 Å². The molecule has 7 heteroatoms. The first kappa shape index (κ1) is 15.8. The first-order chi connectivity index (χ1) is 9.81. The van der Waals surface area contributed by atoms with Gasteiger partial charge < -0.3 is 5.11 Å². The quantitative estimate of drug-likeness (QED) is 0.918. The standard InChI is InChI=1S/C14H10Cl2O4S/c15-11-6-10(14(17)18)7-12(13(11)16)21(19,20)8-9-4-2-1-3-5-9/h1-7H,8H2,(H,17,18). The first-order valence-electron chi connectivity index (χ1n) is 5.80. The summed E-state index contributed by atoms with van der Waals surface area (Å²) in [5.74, 6) is -1.56. The molecule has 0 saturated carbocycles. The number of hydrogen-bond donors (Lipinski definition) is 1. The highest BCUT2D eigenvalue weighted by molar-refractivity contribution is 7.90. The number of sulfone groups is 1. The number of halogens is 2. The zero-order valence-electron chi connectivity index (χ0n) is 10.6. The van der Waals surface area contributed by atoms with Crippen molar-refractivity contribution in [3.63, 3.8) is 0 Å². The molecule has 1 N–H and O–H groups in total. The van der Waals surface area contributed by atoms with Crippen molar-refractivity contribution in [3.8, 4) is 0 Å². The lowest BCUT2D eigenvalue weighted by Crippen LogP contribution is -2.08. The molecule has 110 valence electrons. The maximum absolute atomic E-state index is 12.4. The van der Waals surface area contributed by atoms with Crippen LogP contribution in [0.5, 0.6) is 0 Å². The van der Waals surface area contributed by atoms with Crippen LogP contribution in [0.25, 0.3) is 0 Å². The molecule has 0 atom stereocenters. The fraction of sp³-hybridized carbons (Fsp3) is 0.0714. The summed E-state index contributed by atoms with van der Waals surface area (Å²) >= 11 is 11.7. The first-order valence-corrected chi connectivity index (χ1v) is 8.21. The van der Waals surface area contributed by atoms with Gasteiger partial charge >= 0.3 is 5.97 Å². The zero-order chi connectivity index (χ0) is 15.6. The largest absolute Gasteiger partial charge is 0.478 e. The van der Waals surface area contributed by atoms with Gasteiger partial charge in [0.25, 0.3) is 0 Å². The predicted molar refractivity (Wildman–Crippen MR) is 80.8 cm³/mol. The smallest absolute Gasteiger partial charge is 0.335 e. The molecule has 2 aromatic rings. The van der Waals surface area contributed by atoms with E-state index in [2.05, 4.69) is 0 Å². The van der Waals surface area contributed by atoms with Crippen LogP contribution < -0.4 is 0 Å². The van der Waals surface area contributed by atoms with Gasteiger partial charge in [-0.15, -0.1) is 0 Å². The van der Waals surface area contributed by atoms with Crippen LogP contribution in [0.4, 0.5) is 0 Å². The highest BCUT2D eigenvalue weighted by Gasteiger charge is 2.23. The molecule has 21 heavy (non-hydrogen) atoms. The van der Waals surface area contributed by atoms with Crippen LogP contribution in [0.1, 0.15) is 15.9 Å². The summed E-state index contributed by atoms with van der Waals surface area (Å²) < 4.78 is 24.8. The highest BCUT2D eigenvalue weighted by atomic mass is 35.5. The second-order valence-electron chi connectivity index (χ2n) is 4.32. The van der Waals surface area contributed by atoms with Crippen molar-refractivity contribution in [2.45, 2.75) is 10.6 Å². The Balaban J connectivity index is 2.52. The van der Waals surface area contributed by atoms with Gasteiger partial charge in [0.1, 0.15) is 0 Å². The summed E-state index contributed by atoms with van der Waals surface area (Å²) in [4.78, 5) is 10.7. The Bertz CT molecular complexity index is 786. The third-order valence-corrected chi connectivity index (χ3v) is 5.40. The van der Waals surface area contributed by atoms with Gasteiger partial charge in [0, 0.05) is 0 Å². The second-order valence-corrected chi connectivity index (χ2v) is 7.06. The van der Waals surface area contributed by atoms with Gasteiger partial charge in [-0.1, -0.05) is 53.5 Å². The van der Waals surface area contributed by atoms with Crippen LogP contribution >= 0.6 is 23.2 Å². The number of carbonyl (C=O) groups is 1. The van der Waals surface area contributed by atoms with E-state index in [1.807, 2.05) is 0 Å². The number of aromatic carboxylic acids is 1. The van der Waals surface area contributed by atoms with Crippen molar-refractivity contribution >= 4 is 39.0 Å². The van der Waals surface area contributed by atoms with Gasteiger partial charge in [0.2, 0.25) is 0 Å². The van der Waals surface area contributed by atoms with Gasteiger partial charge in [-0.2, -0.15) is 0 Å². The van der Waals surface area contributed by atoms with Crippen LogP contribution in [-0.2, 0) is 15.6 Å². The predicted octanol–water partition coefficient (Wildman–Crippen LogP) is 3.67. The number of carboxylic acid groups (broad SMARTS) is 1. The van der Waals surface area contributed by atoms with E-state index in [9.17, 15) is 13.2 Å². The summed E-state index contributed by atoms with van der Waals surface area (Å²) in [5, 5.41) is 8.71. The van der Waals surface area contributed by atoms with Crippen molar-refractivity contribution < 1.29 is 18.3 Å². The number of hydrogen-bond acceptors (Lipinski definition) is 3. The topological polar surface area (TPSA) is 71.4 Å². The summed E-state index contributed by atoms with van der Waals surface area (Å²) in [7, 11) is -3.80. The Labute approximate surface area is 131 Å². The van der Waals surface area contributed by atoms with Gasteiger partial charge in [-0.3, -0.25) is 0 Å². The molecule has 0 aliphatic rings. The van der Waals surface area contributed by atoms with Crippen molar-refractivity contribution in [1.82, 2.24) is 0 Å². The molecular weight excluding hydrogens is 335 g/mol. The van der Waals surface area contributed by atoms with Crippen molar-refractivity contribution in [3.05, 3.63) is 63.6 Å².